The average molecular weight is 510 g/mol. The monoisotopic (exact) mass is 509 g/mol. The molecule has 2 heterocycles. The summed E-state index contributed by atoms with van der Waals surface area (Å²) in [5.41, 5.74) is 1.68. The molecule has 3 aromatic rings. The van der Waals surface area contributed by atoms with Crippen molar-refractivity contribution in [3.63, 3.8) is 0 Å². The molecule has 1 amide bonds. The van der Waals surface area contributed by atoms with Crippen LogP contribution in [0, 0.1) is 5.92 Å². The minimum Gasteiger partial charge on any atom is -0.494 e. The predicted octanol–water partition coefficient (Wildman–Crippen LogP) is 4.75. The Hall–Kier alpha value is -2.97. The molecule has 0 radical (unpaired) electrons. The number of carbonyl (C=O) groups is 2. The quantitative estimate of drug-likeness (QED) is 0.271. The van der Waals surface area contributed by atoms with Crippen LogP contribution >= 0.6 is 11.3 Å². The normalized spacial score (nSPS) is 14.9. The third kappa shape index (κ3) is 7.51. The van der Waals surface area contributed by atoms with Gasteiger partial charge < -0.3 is 20.1 Å². The molecule has 192 valence electrons. The second-order valence-electron chi connectivity index (χ2n) is 9.15. The van der Waals surface area contributed by atoms with Gasteiger partial charge in [-0.1, -0.05) is 30.7 Å². The Morgan fingerprint density at radius 2 is 1.89 bits per heavy atom. The lowest BCUT2D eigenvalue weighted by Gasteiger charge is -2.22. The molecule has 0 spiro atoms. The van der Waals surface area contributed by atoms with Crippen molar-refractivity contribution < 1.29 is 19.1 Å². The van der Waals surface area contributed by atoms with E-state index in [4.69, 9.17) is 9.47 Å². The second-order valence-corrected chi connectivity index (χ2v) is 10.2. The first-order valence-electron chi connectivity index (χ1n) is 12.9. The highest BCUT2D eigenvalue weighted by Gasteiger charge is 2.25. The highest BCUT2D eigenvalue weighted by Crippen LogP contribution is 2.22. The Bertz CT molecular complexity index is 1090. The summed E-state index contributed by atoms with van der Waals surface area (Å²) in [4.78, 5) is 29.8. The minimum atomic E-state index is -0.800. The molecule has 2 N–H and O–H groups in total. The number of rotatable bonds is 12. The number of para-hydroxylation sites is 1. The summed E-state index contributed by atoms with van der Waals surface area (Å²) in [6.45, 7) is 5.00. The van der Waals surface area contributed by atoms with Crippen LogP contribution in [0.1, 0.15) is 54.4 Å². The van der Waals surface area contributed by atoms with E-state index in [-0.39, 0.29) is 12.5 Å². The third-order valence-corrected chi connectivity index (χ3v) is 7.50. The fourth-order valence-electron chi connectivity index (χ4n) is 4.48. The summed E-state index contributed by atoms with van der Waals surface area (Å²) in [5, 5.41) is 6.56. The first kappa shape index (κ1) is 26.1. The Labute approximate surface area is 216 Å². The largest absolute Gasteiger partial charge is 0.494 e. The number of aromatic nitrogens is 1. The molecule has 1 aliphatic rings. The summed E-state index contributed by atoms with van der Waals surface area (Å²) >= 11 is 1.30. The molecule has 4 rings (SSSR count). The Morgan fingerprint density at radius 1 is 1.11 bits per heavy atom. The van der Waals surface area contributed by atoms with Crippen LogP contribution in [0.2, 0.25) is 0 Å². The van der Waals surface area contributed by atoms with Gasteiger partial charge in [0, 0.05) is 6.42 Å². The lowest BCUT2D eigenvalue weighted by atomic mass is 9.93. The summed E-state index contributed by atoms with van der Waals surface area (Å²) < 4.78 is 12.1. The van der Waals surface area contributed by atoms with Gasteiger partial charge in [-0.3, -0.25) is 4.79 Å². The van der Waals surface area contributed by atoms with E-state index in [0.717, 1.165) is 47.0 Å². The molecule has 1 fully saturated rings. The lowest BCUT2D eigenvalue weighted by molar-refractivity contribution is -0.145. The van der Waals surface area contributed by atoms with Crippen molar-refractivity contribution in [3.05, 3.63) is 59.1 Å². The number of benzene rings is 2. The Morgan fingerprint density at radius 3 is 2.64 bits per heavy atom. The van der Waals surface area contributed by atoms with E-state index in [1.165, 1.54) is 37.0 Å². The topological polar surface area (TPSA) is 89.5 Å². The molecule has 0 aliphatic carbocycles. The van der Waals surface area contributed by atoms with Crippen LogP contribution in [0.3, 0.4) is 0 Å². The van der Waals surface area contributed by atoms with Gasteiger partial charge >= 0.3 is 5.97 Å². The van der Waals surface area contributed by atoms with Crippen LogP contribution in [-0.4, -0.2) is 49.2 Å². The number of thiazole rings is 1. The van der Waals surface area contributed by atoms with Crippen LogP contribution in [0.4, 0.5) is 0 Å². The van der Waals surface area contributed by atoms with Gasteiger partial charge in [-0.05, 0) is 81.4 Å². The van der Waals surface area contributed by atoms with Crippen LogP contribution in [0.25, 0.3) is 10.2 Å². The number of piperidine rings is 1. The molecule has 7 nitrogen and oxygen atoms in total. The summed E-state index contributed by atoms with van der Waals surface area (Å²) in [6, 6.07) is 14.5. The van der Waals surface area contributed by atoms with E-state index in [1.54, 1.807) is 6.92 Å². The zero-order chi connectivity index (χ0) is 25.2. The standard InChI is InChI=1S/C28H35N3O4S/c1-2-34-28(33)24(30-26(32)27-31-23-8-3-4-9-25(23)36-27)19-21-10-12-22(13-11-21)35-18-6-5-7-20-14-16-29-17-15-20/h3-4,8-13,20,24,29H,2,5-7,14-19H2,1H3,(H,30,32). The average Bonchev–Trinajstić information content (AvgIpc) is 3.34. The van der Waals surface area contributed by atoms with Crippen LogP contribution in [-0.2, 0) is 16.0 Å². The number of nitrogens with zero attached hydrogens (tertiary/aromatic N) is 1. The molecule has 1 unspecified atom stereocenters. The molecule has 2 aromatic carbocycles. The molecule has 1 aliphatic heterocycles. The van der Waals surface area contributed by atoms with Crippen molar-refractivity contribution in [2.45, 2.75) is 51.5 Å². The molecule has 8 heteroatoms. The SMILES string of the molecule is CCOC(=O)C(Cc1ccc(OCCCCC2CCNCC2)cc1)NC(=O)c1nc2ccccc2s1. The van der Waals surface area contributed by atoms with Gasteiger partial charge in [0.25, 0.3) is 5.91 Å². The number of hydrogen-bond donors (Lipinski definition) is 2. The van der Waals surface area contributed by atoms with Crippen molar-refractivity contribution in [1.29, 1.82) is 0 Å². The molecule has 0 saturated carbocycles. The number of amides is 1. The Kier molecular flexibility index (Phi) is 9.69. The number of hydrogen-bond acceptors (Lipinski definition) is 7. The predicted molar refractivity (Wildman–Crippen MR) is 143 cm³/mol. The molecule has 1 saturated heterocycles. The number of unbranched alkanes of at least 4 members (excludes halogenated alkanes) is 1. The second kappa shape index (κ2) is 13.4. The Balaban J connectivity index is 1.28. The number of nitrogens with one attached hydrogen (secondary N) is 2. The zero-order valence-corrected chi connectivity index (χ0v) is 21.6. The van der Waals surface area contributed by atoms with Gasteiger partial charge in [-0.2, -0.15) is 0 Å². The van der Waals surface area contributed by atoms with E-state index in [2.05, 4.69) is 15.6 Å². The smallest absolute Gasteiger partial charge is 0.328 e. The summed E-state index contributed by atoms with van der Waals surface area (Å²) in [6.07, 6.45) is 6.42. The number of ether oxygens (including phenoxy) is 2. The number of esters is 1. The lowest BCUT2D eigenvalue weighted by Crippen LogP contribution is -2.43. The van der Waals surface area contributed by atoms with Crippen molar-refractivity contribution in [1.82, 2.24) is 15.6 Å². The maximum Gasteiger partial charge on any atom is 0.328 e. The fourth-order valence-corrected chi connectivity index (χ4v) is 5.35. The van der Waals surface area contributed by atoms with E-state index in [0.29, 0.717) is 18.0 Å². The molecule has 0 bridgehead atoms. The number of fused-ring (bicyclic) bond motifs is 1. The molecule has 1 atom stereocenters. The third-order valence-electron chi connectivity index (χ3n) is 6.46. The summed E-state index contributed by atoms with van der Waals surface area (Å²) in [7, 11) is 0. The van der Waals surface area contributed by atoms with Gasteiger partial charge in [-0.15, -0.1) is 11.3 Å². The molecule has 1 aromatic heterocycles. The van der Waals surface area contributed by atoms with Gasteiger partial charge in [0.15, 0.2) is 5.01 Å². The molecular weight excluding hydrogens is 474 g/mol. The molecule has 36 heavy (non-hydrogen) atoms. The highest BCUT2D eigenvalue weighted by molar-refractivity contribution is 7.20. The van der Waals surface area contributed by atoms with E-state index in [9.17, 15) is 9.59 Å². The zero-order valence-electron chi connectivity index (χ0n) is 20.8. The van der Waals surface area contributed by atoms with E-state index >= 15 is 0 Å². The van der Waals surface area contributed by atoms with E-state index in [1.807, 2.05) is 48.5 Å². The maximum atomic E-state index is 12.9. The highest BCUT2D eigenvalue weighted by atomic mass is 32.1. The molecular formula is C28H35N3O4S. The van der Waals surface area contributed by atoms with Gasteiger partial charge in [0.1, 0.15) is 11.8 Å². The fraction of sp³-hybridized carbons (Fsp3) is 0.464. The van der Waals surface area contributed by atoms with Gasteiger partial charge in [0.05, 0.1) is 23.4 Å². The first-order chi connectivity index (χ1) is 17.6. The maximum absolute atomic E-state index is 12.9. The van der Waals surface area contributed by atoms with Crippen molar-refractivity contribution in [2.24, 2.45) is 5.92 Å². The van der Waals surface area contributed by atoms with Crippen LogP contribution < -0.4 is 15.4 Å². The number of carbonyl (C=O) groups excluding carboxylic acids is 2. The van der Waals surface area contributed by atoms with Gasteiger partial charge in [0.2, 0.25) is 0 Å². The van der Waals surface area contributed by atoms with Crippen LogP contribution in [0.5, 0.6) is 5.75 Å². The van der Waals surface area contributed by atoms with Crippen molar-refractivity contribution in [2.75, 3.05) is 26.3 Å². The van der Waals surface area contributed by atoms with Gasteiger partial charge in [-0.25, -0.2) is 9.78 Å². The van der Waals surface area contributed by atoms with E-state index < -0.39 is 12.0 Å². The minimum absolute atomic E-state index is 0.247. The summed E-state index contributed by atoms with van der Waals surface area (Å²) in [5.74, 6) is 0.833. The van der Waals surface area contributed by atoms with Crippen molar-refractivity contribution >= 4 is 33.4 Å². The first-order valence-corrected chi connectivity index (χ1v) is 13.7. The van der Waals surface area contributed by atoms with Crippen molar-refractivity contribution in [3.8, 4) is 5.75 Å². The van der Waals surface area contributed by atoms with Crippen LogP contribution in [0.15, 0.2) is 48.5 Å².